The van der Waals surface area contributed by atoms with Crippen molar-refractivity contribution in [3.8, 4) is 0 Å². The number of nitrogens with one attached hydrogen (secondary N) is 1. The molecule has 1 aliphatic rings. The summed E-state index contributed by atoms with van der Waals surface area (Å²) >= 11 is 0. The highest BCUT2D eigenvalue weighted by atomic mass is 32.2. The quantitative estimate of drug-likeness (QED) is 0.613. The summed E-state index contributed by atoms with van der Waals surface area (Å²) < 4.78 is 34.6. The van der Waals surface area contributed by atoms with Crippen molar-refractivity contribution in [2.45, 2.75) is 32.7 Å². The van der Waals surface area contributed by atoms with E-state index in [2.05, 4.69) is 5.32 Å². The van der Waals surface area contributed by atoms with Gasteiger partial charge < -0.3 is 14.8 Å². The third-order valence-corrected chi connectivity index (χ3v) is 6.07. The van der Waals surface area contributed by atoms with E-state index in [0.717, 1.165) is 11.8 Å². The molecule has 0 bridgehead atoms. The lowest BCUT2D eigenvalue weighted by molar-refractivity contribution is -0.147. The van der Waals surface area contributed by atoms with Crippen LogP contribution in [-0.4, -0.2) is 58.8 Å². The number of hydrogen-bond donors (Lipinski definition) is 1. The number of methoxy groups -OCH3 is 1. The minimum absolute atomic E-state index is 0.142. The Hall–Kier alpha value is -2.62. The lowest BCUT2D eigenvalue weighted by Crippen LogP contribution is -2.47. The van der Waals surface area contributed by atoms with Crippen LogP contribution in [0.3, 0.4) is 0 Å². The Morgan fingerprint density at radius 1 is 1.28 bits per heavy atom. The second-order valence-electron chi connectivity index (χ2n) is 6.96. The Morgan fingerprint density at radius 2 is 1.97 bits per heavy atom. The van der Waals surface area contributed by atoms with Crippen LogP contribution >= 0.6 is 0 Å². The monoisotopic (exact) mass is 426 g/mol. The second kappa shape index (κ2) is 9.25. The zero-order valence-electron chi connectivity index (χ0n) is 16.9. The van der Waals surface area contributed by atoms with Crippen LogP contribution in [0.1, 0.15) is 36.2 Å². The average molecular weight is 426 g/mol. The highest BCUT2D eigenvalue weighted by Gasteiger charge is 2.28. The molecule has 0 saturated carbocycles. The molecule has 1 N–H and O–H groups in total. The van der Waals surface area contributed by atoms with E-state index in [-0.39, 0.29) is 11.5 Å². The van der Waals surface area contributed by atoms with Gasteiger partial charge in [0.2, 0.25) is 10.0 Å². The topological polar surface area (TPSA) is 119 Å². The first-order chi connectivity index (χ1) is 13.6. The normalized spacial score (nSPS) is 15.2. The van der Waals surface area contributed by atoms with E-state index in [1.54, 1.807) is 19.1 Å². The third kappa shape index (κ3) is 5.47. The van der Waals surface area contributed by atoms with Crippen LogP contribution in [0, 0.1) is 5.92 Å². The molecular formula is C19H26N2O7S. The van der Waals surface area contributed by atoms with E-state index >= 15 is 0 Å². The fourth-order valence-electron chi connectivity index (χ4n) is 3.07. The number of nitrogens with zero attached hydrogens (tertiary/aromatic N) is 1. The first kappa shape index (κ1) is 22.7. The standard InChI is InChI=1S/C19H26N2O7S/c1-5-12(2)17(19(24)27-3)20-16(22)11-28-18(23)14-6-7-15-13(10-14)8-9-21(15)29(4,25)26/h6-7,10,12,17H,5,8-9,11H2,1-4H3,(H,20,22). The molecule has 29 heavy (non-hydrogen) atoms. The molecule has 2 atom stereocenters. The number of amides is 1. The van der Waals surface area contributed by atoms with E-state index in [4.69, 9.17) is 9.47 Å². The van der Waals surface area contributed by atoms with Gasteiger partial charge >= 0.3 is 11.9 Å². The van der Waals surface area contributed by atoms with E-state index in [9.17, 15) is 22.8 Å². The summed E-state index contributed by atoms with van der Waals surface area (Å²) in [5, 5.41) is 2.53. The summed E-state index contributed by atoms with van der Waals surface area (Å²) in [6.45, 7) is 3.46. The molecule has 10 heteroatoms. The molecule has 9 nitrogen and oxygen atoms in total. The summed E-state index contributed by atoms with van der Waals surface area (Å²) in [7, 11) is -2.14. The first-order valence-electron chi connectivity index (χ1n) is 9.23. The maximum absolute atomic E-state index is 12.3. The van der Waals surface area contributed by atoms with Gasteiger partial charge in [-0.15, -0.1) is 0 Å². The van der Waals surface area contributed by atoms with Crippen molar-refractivity contribution in [3.63, 3.8) is 0 Å². The number of sulfonamides is 1. The van der Waals surface area contributed by atoms with Gasteiger partial charge in [0.25, 0.3) is 5.91 Å². The Labute approximate surface area is 170 Å². The van der Waals surface area contributed by atoms with Crippen LogP contribution in [0.5, 0.6) is 0 Å². The minimum Gasteiger partial charge on any atom is -0.467 e. The first-order valence-corrected chi connectivity index (χ1v) is 11.1. The number of carbonyl (C=O) groups is 3. The zero-order chi connectivity index (χ0) is 21.8. The number of hydrogen-bond acceptors (Lipinski definition) is 7. The van der Waals surface area contributed by atoms with Crippen LogP contribution in [0.2, 0.25) is 0 Å². The largest absolute Gasteiger partial charge is 0.467 e. The zero-order valence-corrected chi connectivity index (χ0v) is 17.7. The molecule has 1 aromatic carbocycles. The maximum Gasteiger partial charge on any atom is 0.338 e. The highest BCUT2D eigenvalue weighted by Crippen LogP contribution is 2.30. The van der Waals surface area contributed by atoms with Crippen molar-refractivity contribution in [3.05, 3.63) is 29.3 Å². The lowest BCUT2D eigenvalue weighted by atomic mass is 9.99. The Kier molecular flexibility index (Phi) is 7.23. The van der Waals surface area contributed by atoms with Crippen molar-refractivity contribution < 1.29 is 32.3 Å². The fraction of sp³-hybridized carbons (Fsp3) is 0.526. The molecule has 160 valence electrons. The summed E-state index contributed by atoms with van der Waals surface area (Å²) in [5.41, 5.74) is 1.48. The van der Waals surface area contributed by atoms with Gasteiger partial charge in [-0.05, 0) is 36.1 Å². The van der Waals surface area contributed by atoms with Crippen LogP contribution in [0.4, 0.5) is 5.69 Å². The molecule has 0 fully saturated rings. The Balaban J connectivity index is 1.99. The molecule has 0 saturated heterocycles. The fourth-order valence-corrected chi connectivity index (χ4v) is 4.03. The third-order valence-electron chi connectivity index (χ3n) is 4.89. The van der Waals surface area contributed by atoms with E-state index in [0.29, 0.717) is 25.1 Å². The van der Waals surface area contributed by atoms with Gasteiger partial charge in [-0.2, -0.15) is 0 Å². The predicted octanol–water partition coefficient (Wildman–Crippen LogP) is 0.869. The molecule has 1 heterocycles. The molecule has 2 rings (SSSR count). The van der Waals surface area contributed by atoms with Crippen molar-refractivity contribution in [1.82, 2.24) is 5.32 Å². The molecule has 1 amide bonds. The number of anilines is 1. The number of benzene rings is 1. The molecule has 2 unspecified atom stereocenters. The summed E-state index contributed by atoms with van der Waals surface area (Å²) in [5.74, 6) is -2.03. The molecule has 1 aromatic rings. The average Bonchev–Trinajstić information content (AvgIpc) is 3.12. The predicted molar refractivity (Wildman–Crippen MR) is 106 cm³/mol. The maximum atomic E-state index is 12.3. The highest BCUT2D eigenvalue weighted by molar-refractivity contribution is 7.92. The SMILES string of the molecule is CCC(C)C(NC(=O)COC(=O)c1ccc2c(c1)CCN2S(C)(=O)=O)C(=O)OC. The van der Waals surface area contributed by atoms with Gasteiger partial charge in [0.05, 0.1) is 24.6 Å². The van der Waals surface area contributed by atoms with Gasteiger partial charge in [-0.1, -0.05) is 20.3 Å². The van der Waals surface area contributed by atoms with Gasteiger partial charge in [-0.25, -0.2) is 18.0 Å². The molecule has 1 aliphatic heterocycles. The molecule has 0 spiro atoms. The van der Waals surface area contributed by atoms with Crippen LogP contribution in [-0.2, 0) is 35.5 Å². The van der Waals surface area contributed by atoms with Crippen molar-refractivity contribution in [1.29, 1.82) is 0 Å². The number of fused-ring (bicyclic) bond motifs is 1. The van der Waals surface area contributed by atoms with E-state index < -0.39 is 40.5 Å². The number of carbonyl (C=O) groups excluding carboxylic acids is 3. The molecule has 0 aliphatic carbocycles. The van der Waals surface area contributed by atoms with Crippen LogP contribution in [0.15, 0.2) is 18.2 Å². The number of ether oxygens (including phenoxy) is 2. The summed E-state index contributed by atoms with van der Waals surface area (Å²) in [6, 6.07) is 3.75. The number of rotatable bonds is 8. The van der Waals surface area contributed by atoms with E-state index in [1.807, 2.05) is 6.92 Å². The smallest absolute Gasteiger partial charge is 0.338 e. The van der Waals surface area contributed by atoms with Crippen molar-refractivity contribution in [2.24, 2.45) is 5.92 Å². The van der Waals surface area contributed by atoms with Gasteiger partial charge in [0.1, 0.15) is 6.04 Å². The Bertz CT molecular complexity index is 898. The van der Waals surface area contributed by atoms with Crippen LogP contribution in [0.25, 0.3) is 0 Å². The van der Waals surface area contributed by atoms with Gasteiger partial charge in [-0.3, -0.25) is 9.10 Å². The second-order valence-corrected chi connectivity index (χ2v) is 8.87. The molecule has 0 radical (unpaired) electrons. The van der Waals surface area contributed by atoms with E-state index in [1.165, 1.54) is 17.5 Å². The summed E-state index contributed by atoms with van der Waals surface area (Å²) in [6.07, 6.45) is 2.27. The molecule has 0 aromatic heterocycles. The summed E-state index contributed by atoms with van der Waals surface area (Å²) in [4.78, 5) is 36.2. The van der Waals surface area contributed by atoms with Crippen molar-refractivity contribution >= 4 is 33.6 Å². The molecular weight excluding hydrogens is 400 g/mol. The lowest BCUT2D eigenvalue weighted by Gasteiger charge is -2.21. The van der Waals surface area contributed by atoms with Crippen LogP contribution < -0.4 is 9.62 Å². The van der Waals surface area contributed by atoms with Gasteiger partial charge in [0, 0.05) is 6.54 Å². The van der Waals surface area contributed by atoms with Gasteiger partial charge in [0.15, 0.2) is 6.61 Å². The van der Waals surface area contributed by atoms with Crippen molar-refractivity contribution in [2.75, 3.05) is 30.8 Å². The minimum atomic E-state index is -3.37. The Morgan fingerprint density at radius 3 is 2.55 bits per heavy atom. The number of esters is 2.